The minimum Gasteiger partial charge on any atom is -0.480 e. The van der Waals surface area contributed by atoms with Gasteiger partial charge in [-0.25, -0.2) is 4.99 Å². The van der Waals surface area contributed by atoms with E-state index in [1.165, 1.54) is 6.08 Å². The largest absolute Gasteiger partial charge is 0.480 e. The molecule has 3 N–H and O–H groups in total. The first-order valence-electron chi connectivity index (χ1n) is 8.72. The van der Waals surface area contributed by atoms with Crippen LogP contribution in [0.1, 0.15) is 18.4 Å². The topological polar surface area (TPSA) is 108 Å². The smallest absolute Gasteiger partial charge is 0.322 e. The molecule has 1 aliphatic rings. The van der Waals surface area contributed by atoms with Gasteiger partial charge in [0.1, 0.15) is 12.3 Å². The van der Waals surface area contributed by atoms with Crippen molar-refractivity contribution in [2.24, 2.45) is 4.99 Å². The van der Waals surface area contributed by atoms with Crippen LogP contribution in [0.15, 0.2) is 60.1 Å². The Bertz CT molecular complexity index is 1040. The number of hydrogen-bond acceptors (Lipinski definition) is 4. The SMILES string of the molecule is C=CC(=O)Nc1cccc2ccc(C3=CCCC(C(=O)NCC(=O)O)=N3)cc12. The van der Waals surface area contributed by atoms with E-state index in [1.54, 1.807) is 6.07 Å². The summed E-state index contributed by atoms with van der Waals surface area (Å²) in [5.74, 6) is -1.89. The van der Waals surface area contributed by atoms with Gasteiger partial charge in [-0.3, -0.25) is 14.4 Å². The van der Waals surface area contributed by atoms with Crippen molar-refractivity contribution in [1.82, 2.24) is 5.32 Å². The molecule has 1 heterocycles. The van der Waals surface area contributed by atoms with Gasteiger partial charge < -0.3 is 15.7 Å². The van der Waals surface area contributed by atoms with Gasteiger partial charge in [0, 0.05) is 16.6 Å². The predicted molar refractivity (Wildman–Crippen MR) is 108 cm³/mol. The number of carbonyl (C=O) groups excluding carboxylic acids is 2. The Morgan fingerprint density at radius 3 is 2.79 bits per heavy atom. The van der Waals surface area contributed by atoms with E-state index in [1.807, 2.05) is 36.4 Å². The number of amides is 2. The molecule has 1 aliphatic heterocycles. The number of anilines is 1. The lowest BCUT2D eigenvalue weighted by atomic mass is 10.0. The summed E-state index contributed by atoms with van der Waals surface area (Å²) in [4.78, 5) is 38.8. The Morgan fingerprint density at radius 1 is 1.21 bits per heavy atom. The summed E-state index contributed by atoms with van der Waals surface area (Å²) in [6, 6.07) is 11.3. The highest BCUT2D eigenvalue weighted by Crippen LogP contribution is 2.29. The van der Waals surface area contributed by atoms with Gasteiger partial charge in [0.2, 0.25) is 5.91 Å². The first-order chi connectivity index (χ1) is 13.5. The quantitative estimate of drug-likeness (QED) is 0.673. The van der Waals surface area contributed by atoms with Crippen LogP contribution in [0.25, 0.3) is 16.5 Å². The molecule has 0 radical (unpaired) electrons. The molecule has 0 aromatic heterocycles. The molecule has 3 rings (SSSR count). The highest BCUT2D eigenvalue weighted by Gasteiger charge is 2.17. The third-order valence-electron chi connectivity index (χ3n) is 4.26. The molecule has 2 amide bonds. The number of rotatable bonds is 6. The zero-order chi connectivity index (χ0) is 20.1. The molecule has 0 saturated carbocycles. The van der Waals surface area contributed by atoms with Crippen LogP contribution in [-0.4, -0.2) is 35.1 Å². The summed E-state index contributed by atoms with van der Waals surface area (Å²) >= 11 is 0. The number of nitrogens with zero attached hydrogens (tertiary/aromatic N) is 1. The number of carbonyl (C=O) groups is 3. The Labute approximate surface area is 161 Å². The van der Waals surface area contributed by atoms with Crippen molar-refractivity contribution in [3.63, 3.8) is 0 Å². The Balaban J connectivity index is 1.92. The van der Waals surface area contributed by atoms with Gasteiger partial charge >= 0.3 is 5.97 Å². The predicted octanol–water partition coefficient (Wildman–Crippen LogP) is 2.74. The van der Waals surface area contributed by atoms with Gasteiger partial charge in [0.05, 0.1) is 5.70 Å². The van der Waals surface area contributed by atoms with Gasteiger partial charge in [-0.05, 0) is 36.4 Å². The highest BCUT2D eigenvalue weighted by molar-refractivity contribution is 6.40. The lowest BCUT2D eigenvalue weighted by molar-refractivity contribution is -0.137. The molecule has 28 heavy (non-hydrogen) atoms. The number of aliphatic carboxylic acids is 1. The average molecular weight is 377 g/mol. The Hall–Kier alpha value is -3.74. The third kappa shape index (κ3) is 4.32. The van der Waals surface area contributed by atoms with Gasteiger partial charge in [0.15, 0.2) is 0 Å². The standard InChI is InChI=1S/C21H19N3O4/c1-2-19(25)24-17-7-3-5-13-9-10-14(11-15(13)17)16-6-4-8-18(23-16)21(28)22-12-20(26)27/h2-3,5-7,9-11H,1,4,8,12H2,(H,22,28)(H,24,25)(H,26,27). The van der Waals surface area contributed by atoms with Crippen LogP contribution in [0.3, 0.4) is 0 Å². The Kier molecular flexibility index (Phi) is 5.64. The lowest BCUT2D eigenvalue weighted by Crippen LogP contribution is -2.35. The molecule has 0 spiro atoms. The van der Waals surface area contributed by atoms with Crippen molar-refractivity contribution in [3.8, 4) is 0 Å². The van der Waals surface area contributed by atoms with E-state index in [4.69, 9.17) is 5.11 Å². The number of nitrogens with one attached hydrogen (secondary N) is 2. The number of aliphatic imine (C=N–C) groups is 1. The minimum atomic E-state index is -1.11. The molecule has 7 nitrogen and oxygen atoms in total. The first kappa shape index (κ1) is 19.0. The summed E-state index contributed by atoms with van der Waals surface area (Å²) in [6.45, 7) is 3.02. The molecule has 0 unspecified atom stereocenters. The number of fused-ring (bicyclic) bond motifs is 1. The molecule has 0 aliphatic carbocycles. The molecular formula is C21H19N3O4. The van der Waals surface area contributed by atoms with Gasteiger partial charge in [-0.2, -0.15) is 0 Å². The fraction of sp³-hybridized carbons (Fsp3) is 0.143. The number of hydrogen-bond donors (Lipinski definition) is 3. The number of allylic oxidation sites excluding steroid dienone is 1. The van der Waals surface area contributed by atoms with E-state index in [0.29, 0.717) is 29.9 Å². The van der Waals surface area contributed by atoms with E-state index >= 15 is 0 Å². The van der Waals surface area contributed by atoms with Gasteiger partial charge in [-0.15, -0.1) is 0 Å². The minimum absolute atomic E-state index is 0.298. The molecule has 2 aromatic carbocycles. The summed E-state index contributed by atoms with van der Waals surface area (Å²) in [5, 5.41) is 15.6. The summed E-state index contributed by atoms with van der Waals surface area (Å²) in [5.41, 5.74) is 2.39. The van der Waals surface area contributed by atoms with Crippen molar-refractivity contribution in [2.45, 2.75) is 12.8 Å². The van der Waals surface area contributed by atoms with E-state index in [9.17, 15) is 14.4 Å². The van der Waals surface area contributed by atoms with Crippen molar-refractivity contribution >= 4 is 45.7 Å². The number of carboxylic acid groups (broad SMARTS) is 1. The third-order valence-corrected chi connectivity index (χ3v) is 4.26. The fourth-order valence-corrected chi connectivity index (χ4v) is 2.92. The van der Waals surface area contributed by atoms with Crippen molar-refractivity contribution in [1.29, 1.82) is 0 Å². The molecule has 0 atom stereocenters. The Morgan fingerprint density at radius 2 is 2.04 bits per heavy atom. The van der Waals surface area contributed by atoms with E-state index < -0.39 is 18.4 Å². The summed E-state index contributed by atoms with van der Waals surface area (Å²) in [6.07, 6.45) is 4.21. The maximum absolute atomic E-state index is 12.1. The van der Waals surface area contributed by atoms with Crippen LogP contribution in [0.2, 0.25) is 0 Å². The monoisotopic (exact) mass is 377 g/mol. The second-order valence-corrected chi connectivity index (χ2v) is 6.20. The van der Waals surface area contributed by atoms with Crippen molar-refractivity contribution in [3.05, 3.63) is 60.7 Å². The van der Waals surface area contributed by atoms with Crippen LogP contribution in [0, 0.1) is 0 Å². The summed E-state index contributed by atoms with van der Waals surface area (Å²) < 4.78 is 0. The van der Waals surface area contributed by atoms with Gasteiger partial charge in [-0.1, -0.05) is 36.9 Å². The average Bonchev–Trinajstić information content (AvgIpc) is 2.71. The van der Waals surface area contributed by atoms with Crippen LogP contribution in [-0.2, 0) is 14.4 Å². The molecule has 7 heteroatoms. The molecule has 0 bridgehead atoms. The molecule has 0 fully saturated rings. The zero-order valence-corrected chi connectivity index (χ0v) is 15.1. The normalized spacial score (nSPS) is 13.3. The highest BCUT2D eigenvalue weighted by atomic mass is 16.4. The molecule has 2 aromatic rings. The molecule has 0 saturated heterocycles. The summed E-state index contributed by atoms with van der Waals surface area (Å²) in [7, 11) is 0. The van der Waals surface area contributed by atoms with Gasteiger partial charge in [0.25, 0.3) is 5.91 Å². The van der Waals surface area contributed by atoms with Crippen LogP contribution in [0.5, 0.6) is 0 Å². The fourth-order valence-electron chi connectivity index (χ4n) is 2.92. The zero-order valence-electron chi connectivity index (χ0n) is 15.1. The second kappa shape index (κ2) is 8.30. The molecule has 142 valence electrons. The van der Waals surface area contributed by atoms with Crippen LogP contribution < -0.4 is 10.6 Å². The maximum atomic E-state index is 12.1. The van der Waals surface area contributed by atoms with Crippen LogP contribution >= 0.6 is 0 Å². The number of carboxylic acids is 1. The maximum Gasteiger partial charge on any atom is 0.322 e. The van der Waals surface area contributed by atoms with E-state index in [-0.39, 0.29) is 5.91 Å². The van der Waals surface area contributed by atoms with Crippen molar-refractivity contribution < 1.29 is 19.5 Å². The van der Waals surface area contributed by atoms with Crippen molar-refractivity contribution in [2.75, 3.05) is 11.9 Å². The second-order valence-electron chi connectivity index (χ2n) is 6.20. The molecular weight excluding hydrogens is 358 g/mol. The van der Waals surface area contributed by atoms with E-state index in [2.05, 4.69) is 22.2 Å². The van der Waals surface area contributed by atoms with E-state index in [0.717, 1.165) is 16.3 Å². The first-order valence-corrected chi connectivity index (χ1v) is 8.72. The van der Waals surface area contributed by atoms with Crippen LogP contribution in [0.4, 0.5) is 5.69 Å². The number of benzene rings is 2. The lowest BCUT2D eigenvalue weighted by Gasteiger charge is -2.14.